The van der Waals surface area contributed by atoms with Crippen molar-refractivity contribution in [3.63, 3.8) is 0 Å². The number of carbonyl (C=O) groups excluding carboxylic acids is 1. The number of hydrogen-bond donors (Lipinski definition) is 2. The van der Waals surface area contributed by atoms with E-state index in [0.29, 0.717) is 34.2 Å². The van der Waals surface area contributed by atoms with Gasteiger partial charge in [-0.2, -0.15) is 0 Å². The van der Waals surface area contributed by atoms with Gasteiger partial charge in [0, 0.05) is 41.5 Å². The van der Waals surface area contributed by atoms with Crippen molar-refractivity contribution in [3.05, 3.63) is 66.1 Å². The van der Waals surface area contributed by atoms with Crippen LogP contribution in [0.4, 0.5) is 11.5 Å². The number of fused-ring (bicyclic) bond motifs is 1. The van der Waals surface area contributed by atoms with Crippen LogP contribution in [0.3, 0.4) is 0 Å². The Hall–Kier alpha value is -4.07. The van der Waals surface area contributed by atoms with Gasteiger partial charge in [-0.15, -0.1) is 0 Å². The molecule has 8 heteroatoms. The van der Waals surface area contributed by atoms with Crippen LogP contribution in [0.1, 0.15) is 15.9 Å². The van der Waals surface area contributed by atoms with Crippen molar-refractivity contribution < 1.29 is 14.3 Å². The predicted octanol–water partition coefficient (Wildman–Crippen LogP) is 3.56. The average Bonchev–Trinajstić information content (AvgIpc) is 3.22. The predicted molar refractivity (Wildman–Crippen MR) is 115 cm³/mol. The number of ether oxygens (including phenoxy) is 2. The molecule has 0 unspecified atom stereocenters. The highest BCUT2D eigenvalue weighted by atomic mass is 16.5. The van der Waals surface area contributed by atoms with Gasteiger partial charge in [0.1, 0.15) is 0 Å². The van der Waals surface area contributed by atoms with Gasteiger partial charge in [-0.05, 0) is 42.8 Å². The van der Waals surface area contributed by atoms with Gasteiger partial charge in [0.2, 0.25) is 5.91 Å². The Morgan fingerprint density at radius 1 is 1.10 bits per heavy atom. The molecular formula is C22H21N5O3. The fourth-order valence-electron chi connectivity index (χ4n) is 3.28. The van der Waals surface area contributed by atoms with Gasteiger partial charge >= 0.3 is 0 Å². The van der Waals surface area contributed by atoms with E-state index in [1.165, 1.54) is 0 Å². The van der Waals surface area contributed by atoms with E-state index in [-0.39, 0.29) is 0 Å². The number of aryl methyl sites for hydroxylation is 1. The van der Waals surface area contributed by atoms with E-state index in [1.54, 1.807) is 32.5 Å². The number of imidazole rings is 1. The van der Waals surface area contributed by atoms with Gasteiger partial charge < -0.3 is 24.9 Å². The van der Waals surface area contributed by atoms with E-state index in [4.69, 9.17) is 20.2 Å². The molecule has 0 atom stereocenters. The minimum atomic E-state index is -0.479. The summed E-state index contributed by atoms with van der Waals surface area (Å²) in [5, 5.41) is 3.30. The zero-order valence-electron chi connectivity index (χ0n) is 16.8. The first-order chi connectivity index (χ1) is 14.5. The van der Waals surface area contributed by atoms with E-state index < -0.39 is 5.91 Å². The lowest BCUT2D eigenvalue weighted by Gasteiger charge is -2.13. The van der Waals surface area contributed by atoms with Crippen molar-refractivity contribution in [3.8, 4) is 22.8 Å². The van der Waals surface area contributed by atoms with Crippen molar-refractivity contribution in [2.45, 2.75) is 6.92 Å². The summed E-state index contributed by atoms with van der Waals surface area (Å²) in [6, 6.07) is 11.0. The Morgan fingerprint density at radius 3 is 2.63 bits per heavy atom. The van der Waals surface area contributed by atoms with Crippen LogP contribution in [0.15, 0.2) is 55.0 Å². The molecule has 4 aromatic rings. The lowest BCUT2D eigenvalue weighted by molar-refractivity contribution is 0.1000. The lowest BCUT2D eigenvalue weighted by Crippen LogP contribution is -2.11. The number of nitrogens with one attached hydrogen (secondary N) is 1. The molecule has 152 valence electrons. The van der Waals surface area contributed by atoms with E-state index in [9.17, 15) is 4.79 Å². The topological polar surface area (TPSA) is 104 Å². The van der Waals surface area contributed by atoms with E-state index in [1.807, 2.05) is 48.0 Å². The van der Waals surface area contributed by atoms with Crippen LogP contribution in [0.25, 0.3) is 16.9 Å². The zero-order chi connectivity index (χ0) is 21.3. The highest BCUT2D eigenvalue weighted by molar-refractivity contribution is 5.94. The molecule has 2 heterocycles. The van der Waals surface area contributed by atoms with Crippen molar-refractivity contribution in [1.82, 2.24) is 14.4 Å². The third-order valence-electron chi connectivity index (χ3n) is 4.68. The molecule has 0 aliphatic rings. The van der Waals surface area contributed by atoms with Gasteiger partial charge in [-0.25, -0.2) is 9.97 Å². The second-order valence-electron chi connectivity index (χ2n) is 6.78. The molecule has 0 fully saturated rings. The minimum absolute atomic E-state index is 0.437. The fourth-order valence-corrected chi connectivity index (χ4v) is 3.28. The maximum Gasteiger partial charge on any atom is 0.248 e. The first-order valence-electron chi connectivity index (χ1n) is 9.23. The molecule has 8 nitrogen and oxygen atoms in total. The summed E-state index contributed by atoms with van der Waals surface area (Å²) in [6.07, 6.45) is 5.40. The van der Waals surface area contributed by atoms with Crippen molar-refractivity contribution >= 4 is 23.1 Å². The van der Waals surface area contributed by atoms with Crippen molar-refractivity contribution in [1.29, 1.82) is 0 Å². The Morgan fingerprint density at radius 2 is 1.90 bits per heavy atom. The Balaban J connectivity index is 1.80. The second kappa shape index (κ2) is 7.75. The first kappa shape index (κ1) is 19.3. The van der Waals surface area contributed by atoms with Crippen LogP contribution in [0.5, 0.6) is 11.5 Å². The molecule has 0 aliphatic carbocycles. The largest absolute Gasteiger partial charge is 0.493 e. The van der Waals surface area contributed by atoms with Crippen LogP contribution >= 0.6 is 0 Å². The van der Waals surface area contributed by atoms with Gasteiger partial charge in [0.15, 0.2) is 23.0 Å². The molecule has 0 radical (unpaired) electrons. The number of aromatic nitrogens is 3. The Bertz CT molecular complexity index is 1250. The third kappa shape index (κ3) is 3.62. The van der Waals surface area contributed by atoms with Gasteiger partial charge in [0.05, 0.1) is 19.9 Å². The number of carbonyl (C=O) groups is 1. The number of amides is 1. The number of nitrogens with two attached hydrogens (primary N) is 1. The number of benzene rings is 2. The number of anilines is 2. The summed E-state index contributed by atoms with van der Waals surface area (Å²) < 4.78 is 12.5. The number of primary amides is 1. The SMILES string of the molecule is COc1ccc(Nc2nc(-c3cc(C)cc(C(N)=O)c3)cn3ccnc23)cc1OC. The molecule has 1 amide bonds. The minimum Gasteiger partial charge on any atom is -0.493 e. The van der Waals surface area contributed by atoms with E-state index in [2.05, 4.69) is 10.3 Å². The van der Waals surface area contributed by atoms with Crippen molar-refractivity contribution in [2.24, 2.45) is 5.73 Å². The van der Waals surface area contributed by atoms with Crippen LogP contribution < -0.4 is 20.5 Å². The number of hydrogen-bond acceptors (Lipinski definition) is 6. The molecular weight excluding hydrogens is 382 g/mol. The summed E-state index contributed by atoms with van der Waals surface area (Å²) >= 11 is 0. The average molecular weight is 403 g/mol. The van der Waals surface area contributed by atoms with Crippen LogP contribution in [-0.4, -0.2) is 34.5 Å². The maximum atomic E-state index is 11.7. The van der Waals surface area contributed by atoms with Gasteiger partial charge in [0.25, 0.3) is 0 Å². The molecule has 2 aromatic heterocycles. The summed E-state index contributed by atoms with van der Waals surface area (Å²) in [5.41, 5.74) is 9.73. The summed E-state index contributed by atoms with van der Waals surface area (Å²) in [6.45, 7) is 1.91. The summed E-state index contributed by atoms with van der Waals surface area (Å²) in [5.74, 6) is 1.32. The molecule has 4 rings (SSSR count). The third-order valence-corrected chi connectivity index (χ3v) is 4.68. The van der Waals surface area contributed by atoms with Crippen LogP contribution in [-0.2, 0) is 0 Å². The van der Waals surface area contributed by atoms with Crippen molar-refractivity contribution in [2.75, 3.05) is 19.5 Å². The number of rotatable bonds is 6. The Kier molecular flexibility index (Phi) is 4.97. The van der Waals surface area contributed by atoms with E-state index in [0.717, 1.165) is 16.8 Å². The number of methoxy groups -OCH3 is 2. The molecule has 2 aromatic carbocycles. The standard InChI is InChI=1S/C22H21N5O3/c1-13-8-14(10-15(9-13)20(23)28)17-12-27-7-6-24-22(27)21(26-17)25-16-4-5-18(29-2)19(11-16)30-3/h4-12H,1-3H3,(H2,23,28)(H,25,26). The highest BCUT2D eigenvalue weighted by Crippen LogP contribution is 2.32. The second-order valence-corrected chi connectivity index (χ2v) is 6.78. The number of nitrogens with zero attached hydrogens (tertiary/aromatic N) is 3. The summed E-state index contributed by atoms with van der Waals surface area (Å²) in [4.78, 5) is 20.8. The normalized spacial score (nSPS) is 10.8. The van der Waals surface area contributed by atoms with Gasteiger partial charge in [-0.1, -0.05) is 0 Å². The van der Waals surface area contributed by atoms with Crippen LogP contribution in [0.2, 0.25) is 0 Å². The molecule has 0 aliphatic heterocycles. The van der Waals surface area contributed by atoms with E-state index >= 15 is 0 Å². The van der Waals surface area contributed by atoms with Crippen LogP contribution in [0, 0.1) is 6.92 Å². The fraction of sp³-hybridized carbons (Fsp3) is 0.136. The Labute approximate surface area is 173 Å². The lowest BCUT2D eigenvalue weighted by atomic mass is 10.0. The maximum absolute atomic E-state index is 11.7. The molecule has 3 N–H and O–H groups in total. The summed E-state index contributed by atoms with van der Waals surface area (Å²) in [7, 11) is 3.17. The molecule has 0 bridgehead atoms. The zero-order valence-corrected chi connectivity index (χ0v) is 16.8. The molecule has 30 heavy (non-hydrogen) atoms. The monoisotopic (exact) mass is 403 g/mol. The quantitative estimate of drug-likeness (QED) is 0.510. The highest BCUT2D eigenvalue weighted by Gasteiger charge is 2.13. The van der Waals surface area contributed by atoms with Gasteiger partial charge in [-0.3, -0.25) is 4.79 Å². The molecule has 0 spiro atoms. The molecule has 0 saturated heterocycles. The smallest absolute Gasteiger partial charge is 0.248 e. The molecule has 0 saturated carbocycles. The first-order valence-corrected chi connectivity index (χ1v) is 9.23.